The van der Waals surface area contributed by atoms with Gasteiger partial charge in [0, 0.05) is 4.90 Å². The van der Waals surface area contributed by atoms with Crippen LogP contribution in [0.25, 0.3) is 0 Å². The molecule has 0 radical (unpaired) electrons. The molecule has 0 amide bonds. The van der Waals surface area contributed by atoms with Gasteiger partial charge >= 0.3 is 0 Å². The summed E-state index contributed by atoms with van der Waals surface area (Å²) in [5, 5.41) is 0. The first-order valence-corrected chi connectivity index (χ1v) is 5.46. The first kappa shape index (κ1) is 8.91. The lowest BCUT2D eigenvalue weighted by Crippen LogP contribution is -2.09. The van der Waals surface area contributed by atoms with Gasteiger partial charge in [0.15, 0.2) is 5.44 Å². The molecular formula is C10H12O2S. The predicted octanol–water partition coefficient (Wildman–Crippen LogP) is 1.93. The zero-order chi connectivity index (χ0) is 9.47. The van der Waals surface area contributed by atoms with Crippen molar-refractivity contribution in [1.29, 1.82) is 0 Å². The number of hydrogen-bond acceptors (Lipinski definition) is 2. The molecule has 0 saturated carbocycles. The minimum atomic E-state index is -1.02. The number of hydrogen-bond donors (Lipinski definition) is 0. The van der Waals surface area contributed by atoms with Crippen LogP contribution in [-0.2, 0) is 15.5 Å². The Morgan fingerprint density at radius 1 is 1.31 bits per heavy atom. The third-order valence-corrected chi connectivity index (χ3v) is 3.88. The molecule has 2 unspecified atom stereocenters. The fraction of sp³-hybridized carbons (Fsp3) is 0.400. The molecule has 3 heteroatoms. The van der Waals surface area contributed by atoms with Crippen LogP contribution in [-0.4, -0.2) is 15.2 Å². The first-order valence-electron chi connectivity index (χ1n) is 4.25. The average Bonchev–Trinajstić information content (AvgIpc) is 2.76. The van der Waals surface area contributed by atoms with Crippen LogP contribution in [0, 0.1) is 0 Å². The van der Waals surface area contributed by atoms with E-state index in [0.29, 0.717) is 0 Å². The molecule has 2 nitrogen and oxygen atoms in total. The van der Waals surface area contributed by atoms with Crippen molar-refractivity contribution in [3.63, 3.8) is 0 Å². The van der Waals surface area contributed by atoms with Crippen LogP contribution < -0.4 is 0 Å². The Hall–Kier alpha value is -0.670. The van der Waals surface area contributed by atoms with E-state index < -0.39 is 10.8 Å². The fourth-order valence-electron chi connectivity index (χ4n) is 1.22. The molecule has 1 heterocycles. The predicted molar refractivity (Wildman–Crippen MR) is 51.8 cm³/mol. The molecule has 1 aromatic carbocycles. The molecule has 0 aromatic heterocycles. The van der Waals surface area contributed by atoms with Gasteiger partial charge in [0.1, 0.15) is 5.60 Å². The van der Waals surface area contributed by atoms with Gasteiger partial charge in [-0.2, -0.15) is 0 Å². The van der Waals surface area contributed by atoms with Gasteiger partial charge in [0.05, 0.1) is 10.8 Å². The van der Waals surface area contributed by atoms with E-state index in [2.05, 4.69) is 0 Å². The maximum atomic E-state index is 11.8. The monoisotopic (exact) mass is 196 g/mol. The molecule has 2 atom stereocenters. The summed E-state index contributed by atoms with van der Waals surface area (Å²) in [5.74, 6) is 0. The van der Waals surface area contributed by atoms with Crippen molar-refractivity contribution in [2.45, 2.75) is 29.8 Å². The molecule has 1 fully saturated rings. The van der Waals surface area contributed by atoms with E-state index in [4.69, 9.17) is 4.74 Å². The Morgan fingerprint density at radius 2 is 1.85 bits per heavy atom. The second kappa shape index (κ2) is 2.93. The number of rotatable bonds is 2. The van der Waals surface area contributed by atoms with E-state index in [1.165, 1.54) is 0 Å². The van der Waals surface area contributed by atoms with Gasteiger partial charge in [-0.15, -0.1) is 0 Å². The molecule has 1 aliphatic heterocycles. The van der Waals surface area contributed by atoms with E-state index in [9.17, 15) is 4.21 Å². The Kier molecular flexibility index (Phi) is 2.00. The Morgan fingerprint density at radius 3 is 2.31 bits per heavy atom. The zero-order valence-electron chi connectivity index (χ0n) is 7.69. The Bertz CT molecular complexity index is 332. The van der Waals surface area contributed by atoms with Crippen LogP contribution in [0.5, 0.6) is 0 Å². The summed E-state index contributed by atoms with van der Waals surface area (Å²) >= 11 is 0. The van der Waals surface area contributed by atoms with E-state index in [-0.39, 0.29) is 11.0 Å². The van der Waals surface area contributed by atoms with Crippen molar-refractivity contribution in [2.75, 3.05) is 0 Å². The second-order valence-corrected chi connectivity index (χ2v) is 5.16. The highest BCUT2D eigenvalue weighted by Crippen LogP contribution is 2.39. The van der Waals surface area contributed by atoms with Crippen molar-refractivity contribution in [1.82, 2.24) is 0 Å². The molecular weight excluding hydrogens is 184 g/mol. The maximum Gasteiger partial charge on any atom is 0.166 e. The normalized spacial score (nSPS) is 26.8. The Balaban J connectivity index is 2.17. The lowest BCUT2D eigenvalue weighted by atomic mass is 10.3. The SMILES string of the molecule is CC1(C)OC1S(=O)c1ccccc1. The minimum absolute atomic E-state index is 0.130. The summed E-state index contributed by atoms with van der Waals surface area (Å²) < 4.78 is 17.1. The smallest absolute Gasteiger partial charge is 0.166 e. The average molecular weight is 196 g/mol. The molecule has 1 aliphatic rings. The summed E-state index contributed by atoms with van der Waals surface area (Å²) in [6.45, 7) is 3.91. The quantitative estimate of drug-likeness (QED) is 0.676. The van der Waals surface area contributed by atoms with Gasteiger partial charge in [0.25, 0.3) is 0 Å². The van der Waals surface area contributed by atoms with Crippen molar-refractivity contribution >= 4 is 10.8 Å². The molecule has 0 N–H and O–H groups in total. The summed E-state index contributed by atoms with van der Waals surface area (Å²) in [4.78, 5) is 0.845. The van der Waals surface area contributed by atoms with Gasteiger partial charge in [-0.3, -0.25) is 4.21 Å². The molecule has 1 aromatic rings. The number of epoxide rings is 1. The van der Waals surface area contributed by atoms with E-state index in [0.717, 1.165) is 4.90 Å². The highest BCUT2D eigenvalue weighted by atomic mass is 32.2. The van der Waals surface area contributed by atoms with E-state index >= 15 is 0 Å². The molecule has 2 rings (SSSR count). The highest BCUT2D eigenvalue weighted by Gasteiger charge is 2.52. The van der Waals surface area contributed by atoms with Crippen LogP contribution in [0.4, 0.5) is 0 Å². The van der Waals surface area contributed by atoms with Gasteiger partial charge in [-0.05, 0) is 26.0 Å². The lowest BCUT2D eigenvalue weighted by molar-refractivity contribution is 0.338. The van der Waals surface area contributed by atoms with Crippen molar-refractivity contribution in [3.8, 4) is 0 Å². The summed E-state index contributed by atoms with van der Waals surface area (Å²) in [6, 6.07) is 9.44. The molecule has 70 valence electrons. The highest BCUT2D eigenvalue weighted by molar-refractivity contribution is 7.85. The standard InChI is InChI=1S/C10H12O2S/c1-10(2)9(12-10)13(11)8-6-4-3-5-7-8/h3-7,9H,1-2H3. The van der Waals surface area contributed by atoms with Gasteiger partial charge in [0.2, 0.25) is 0 Å². The third-order valence-electron chi connectivity index (χ3n) is 2.09. The Labute approximate surface area is 80.4 Å². The lowest BCUT2D eigenvalue weighted by Gasteiger charge is -1.98. The molecule has 0 bridgehead atoms. The van der Waals surface area contributed by atoms with Crippen molar-refractivity contribution in [3.05, 3.63) is 30.3 Å². The summed E-state index contributed by atoms with van der Waals surface area (Å²) in [6.07, 6.45) is 0. The van der Waals surface area contributed by atoms with Gasteiger partial charge < -0.3 is 4.74 Å². The maximum absolute atomic E-state index is 11.8. The van der Waals surface area contributed by atoms with Gasteiger partial charge in [-0.25, -0.2) is 0 Å². The van der Waals surface area contributed by atoms with Crippen LogP contribution in [0.15, 0.2) is 35.2 Å². The molecule has 0 aliphatic carbocycles. The minimum Gasteiger partial charge on any atom is -0.352 e. The van der Waals surface area contributed by atoms with E-state index in [1.807, 2.05) is 44.2 Å². The largest absolute Gasteiger partial charge is 0.352 e. The molecule has 0 spiro atoms. The molecule has 1 saturated heterocycles. The van der Waals surface area contributed by atoms with Crippen LogP contribution in [0.3, 0.4) is 0 Å². The molecule has 13 heavy (non-hydrogen) atoms. The summed E-state index contributed by atoms with van der Waals surface area (Å²) in [5.41, 5.74) is -0.337. The first-order chi connectivity index (χ1) is 6.11. The van der Waals surface area contributed by atoms with Crippen LogP contribution in [0.2, 0.25) is 0 Å². The van der Waals surface area contributed by atoms with Gasteiger partial charge in [-0.1, -0.05) is 18.2 Å². The second-order valence-electron chi connectivity index (χ2n) is 3.66. The van der Waals surface area contributed by atoms with Crippen molar-refractivity contribution in [2.24, 2.45) is 0 Å². The van der Waals surface area contributed by atoms with Crippen LogP contribution >= 0.6 is 0 Å². The van der Waals surface area contributed by atoms with Crippen molar-refractivity contribution < 1.29 is 8.95 Å². The zero-order valence-corrected chi connectivity index (χ0v) is 8.51. The number of ether oxygens (including phenoxy) is 1. The number of benzene rings is 1. The van der Waals surface area contributed by atoms with E-state index in [1.54, 1.807) is 0 Å². The summed E-state index contributed by atoms with van der Waals surface area (Å²) in [7, 11) is -1.02. The van der Waals surface area contributed by atoms with Crippen LogP contribution in [0.1, 0.15) is 13.8 Å². The third kappa shape index (κ3) is 1.67. The fourth-order valence-corrected chi connectivity index (χ4v) is 2.75. The topological polar surface area (TPSA) is 29.6 Å².